The number of hydrogen-bond donors (Lipinski definition) is 3. The molecule has 0 radical (unpaired) electrons. The van der Waals surface area contributed by atoms with Gasteiger partial charge in [-0.3, -0.25) is 10.0 Å². The van der Waals surface area contributed by atoms with E-state index in [0.29, 0.717) is 12.2 Å². The lowest BCUT2D eigenvalue weighted by Crippen LogP contribution is -2.14. The van der Waals surface area contributed by atoms with Crippen LogP contribution in [0, 0.1) is 0 Å². The predicted octanol–water partition coefficient (Wildman–Crippen LogP) is 2.82. The van der Waals surface area contributed by atoms with Crippen molar-refractivity contribution < 1.29 is 19.5 Å². The second-order valence-corrected chi connectivity index (χ2v) is 5.63. The fraction of sp³-hybridized carbons (Fsp3) is 0.111. The Morgan fingerprint density at radius 2 is 1.96 bits per heavy atom. The van der Waals surface area contributed by atoms with Gasteiger partial charge in [-0.25, -0.2) is 10.5 Å². The zero-order valence-electron chi connectivity index (χ0n) is 13.6. The first kappa shape index (κ1) is 17.8. The minimum Gasteiger partial charge on any atom is -0.454 e. The summed E-state index contributed by atoms with van der Waals surface area (Å²) >= 11 is 0. The number of aromatic amines is 1. The molecule has 1 amide bonds. The first-order chi connectivity index (χ1) is 12.2. The van der Waals surface area contributed by atoms with Crippen molar-refractivity contribution >= 4 is 35.4 Å². The summed E-state index contributed by atoms with van der Waals surface area (Å²) in [4.78, 5) is 18.9. The number of nitrogens with zero attached hydrogens (tertiary/aromatic N) is 1. The fourth-order valence-electron chi connectivity index (χ4n) is 2.69. The smallest absolute Gasteiger partial charge is 0.267 e. The van der Waals surface area contributed by atoms with Gasteiger partial charge < -0.3 is 14.5 Å². The monoisotopic (exact) mass is 373 g/mol. The van der Waals surface area contributed by atoms with Gasteiger partial charge in [0.25, 0.3) is 5.91 Å². The van der Waals surface area contributed by atoms with Gasteiger partial charge in [0.15, 0.2) is 11.5 Å². The van der Waals surface area contributed by atoms with E-state index in [9.17, 15) is 4.79 Å². The van der Waals surface area contributed by atoms with Gasteiger partial charge in [-0.1, -0.05) is 24.3 Å². The molecule has 0 saturated heterocycles. The molecule has 4 rings (SSSR count). The number of H-pyrrole nitrogens is 1. The van der Waals surface area contributed by atoms with E-state index in [2.05, 4.69) is 9.97 Å². The maximum absolute atomic E-state index is 11.0. The number of carbonyl (C=O) groups excluding carboxylic acids is 1. The van der Waals surface area contributed by atoms with Crippen molar-refractivity contribution in [1.29, 1.82) is 0 Å². The molecule has 2 heterocycles. The van der Waals surface area contributed by atoms with Crippen LogP contribution in [0.5, 0.6) is 11.5 Å². The summed E-state index contributed by atoms with van der Waals surface area (Å²) in [5.74, 6) is 1.73. The number of fused-ring (bicyclic) bond motifs is 2. The van der Waals surface area contributed by atoms with E-state index in [4.69, 9.17) is 14.7 Å². The third kappa shape index (κ3) is 3.63. The van der Waals surface area contributed by atoms with Crippen LogP contribution in [0.25, 0.3) is 17.1 Å². The second kappa shape index (κ2) is 7.47. The molecular weight excluding hydrogens is 358 g/mol. The van der Waals surface area contributed by atoms with Crippen LogP contribution in [-0.2, 0) is 11.2 Å². The van der Waals surface area contributed by atoms with Gasteiger partial charge in [0.05, 0.1) is 11.0 Å². The molecule has 0 saturated carbocycles. The summed E-state index contributed by atoms with van der Waals surface area (Å²) in [5, 5.41) is 8.46. The van der Waals surface area contributed by atoms with E-state index in [1.165, 1.54) is 6.08 Å². The molecule has 3 aromatic rings. The molecule has 134 valence electrons. The lowest BCUT2D eigenvalue weighted by Gasteiger charge is -1.99. The number of halogens is 1. The number of amides is 1. The van der Waals surface area contributed by atoms with Crippen LogP contribution in [0.2, 0.25) is 0 Å². The maximum Gasteiger partial charge on any atom is 0.267 e. The van der Waals surface area contributed by atoms with E-state index >= 15 is 0 Å². The Hall–Kier alpha value is -3.03. The minimum atomic E-state index is -0.564. The molecule has 1 aromatic heterocycles. The van der Waals surface area contributed by atoms with Gasteiger partial charge in [-0.05, 0) is 17.2 Å². The van der Waals surface area contributed by atoms with Gasteiger partial charge in [0.1, 0.15) is 5.82 Å². The summed E-state index contributed by atoms with van der Waals surface area (Å²) in [6, 6.07) is 11.5. The highest BCUT2D eigenvalue weighted by Crippen LogP contribution is 2.35. The van der Waals surface area contributed by atoms with Crippen LogP contribution in [0.1, 0.15) is 17.0 Å². The van der Waals surface area contributed by atoms with Crippen LogP contribution >= 0.6 is 12.4 Å². The lowest BCUT2D eigenvalue weighted by atomic mass is 10.1. The molecule has 0 bridgehead atoms. The molecule has 1 aliphatic heterocycles. The summed E-state index contributed by atoms with van der Waals surface area (Å²) < 4.78 is 10.7. The molecule has 26 heavy (non-hydrogen) atoms. The van der Waals surface area contributed by atoms with E-state index in [1.807, 2.05) is 36.4 Å². The Bertz CT molecular complexity index is 925. The number of aromatic nitrogens is 2. The van der Waals surface area contributed by atoms with Crippen molar-refractivity contribution in [3.8, 4) is 11.5 Å². The average Bonchev–Trinajstić information content (AvgIpc) is 3.23. The Labute approximate surface area is 155 Å². The van der Waals surface area contributed by atoms with Gasteiger partial charge >= 0.3 is 0 Å². The predicted molar refractivity (Wildman–Crippen MR) is 97.7 cm³/mol. The largest absolute Gasteiger partial charge is 0.454 e. The van der Waals surface area contributed by atoms with Gasteiger partial charge in [-0.2, -0.15) is 0 Å². The molecule has 0 fully saturated rings. The highest BCUT2D eigenvalue weighted by atomic mass is 35.5. The van der Waals surface area contributed by atoms with Crippen molar-refractivity contribution in [2.75, 3.05) is 6.79 Å². The van der Waals surface area contributed by atoms with Gasteiger partial charge in [0, 0.05) is 24.6 Å². The van der Waals surface area contributed by atoms with E-state index in [-0.39, 0.29) is 19.2 Å². The standard InChI is InChI=1S/C18H15N3O4.ClH/c22-18(21-23)6-5-11-1-3-12(4-2-11)7-17-19-13-8-15-16(25-10-24-15)9-14(13)20-17;/h1-6,8-9,23H,7,10H2,(H,19,20)(H,21,22);1H/b6-5+;. The number of rotatable bonds is 4. The zero-order chi connectivity index (χ0) is 17.2. The first-order valence-electron chi connectivity index (χ1n) is 7.70. The average molecular weight is 374 g/mol. The number of hydroxylamine groups is 1. The Morgan fingerprint density at radius 3 is 2.69 bits per heavy atom. The molecule has 0 atom stereocenters. The molecule has 3 N–H and O–H groups in total. The topological polar surface area (TPSA) is 96.5 Å². The molecule has 0 spiro atoms. The molecular formula is C18H16ClN3O4. The summed E-state index contributed by atoms with van der Waals surface area (Å²) in [6.45, 7) is 0.246. The number of imidazole rings is 1. The molecule has 8 heteroatoms. The van der Waals surface area contributed by atoms with Crippen molar-refractivity contribution in [3.63, 3.8) is 0 Å². The van der Waals surface area contributed by atoms with Crippen LogP contribution < -0.4 is 15.0 Å². The third-order valence-electron chi connectivity index (χ3n) is 3.91. The highest BCUT2D eigenvalue weighted by molar-refractivity contribution is 5.90. The first-order valence-corrected chi connectivity index (χ1v) is 7.70. The summed E-state index contributed by atoms with van der Waals surface area (Å²) in [7, 11) is 0. The van der Waals surface area contributed by atoms with Crippen LogP contribution in [0.15, 0.2) is 42.5 Å². The molecule has 0 unspecified atom stereocenters. The van der Waals surface area contributed by atoms with Crippen molar-refractivity contribution in [1.82, 2.24) is 15.4 Å². The number of carbonyl (C=O) groups is 1. The fourth-order valence-corrected chi connectivity index (χ4v) is 2.69. The Morgan fingerprint density at radius 1 is 1.23 bits per heavy atom. The third-order valence-corrected chi connectivity index (χ3v) is 3.91. The lowest BCUT2D eigenvalue weighted by molar-refractivity contribution is -0.124. The van der Waals surface area contributed by atoms with E-state index in [1.54, 1.807) is 11.6 Å². The Balaban J connectivity index is 0.00000196. The number of ether oxygens (including phenoxy) is 2. The highest BCUT2D eigenvalue weighted by Gasteiger charge is 2.16. The van der Waals surface area contributed by atoms with Crippen molar-refractivity contribution in [2.45, 2.75) is 6.42 Å². The van der Waals surface area contributed by atoms with E-state index in [0.717, 1.165) is 33.7 Å². The van der Waals surface area contributed by atoms with Crippen molar-refractivity contribution in [2.24, 2.45) is 0 Å². The molecule has 2 aromatic carbocycles. The summed E-state index contributed by atoms with van der Waals surface area (Å²) in [5.41, 5.74) is 5.25. The number of nitrogens with one attached hydrogen (secondary N) is 2. The summed E-state index contributed by atoms with van der Waals surface area (Å²) in [6.07, 6.45) is 3.54. The van der Waals surface area contributed by atoms with Gasteiger partial charge in [-0.15, -0.1) is 12.4 Å². The minimum absolute atomic E-state index is 0. The molecule has 1 aliphatic rings. The zero-order valence-corrected chi connectivity index (χ0v) is 14.4. The van der Waals surface area contributed by atoms with Crippen LogP contribution in [-0.4, -0.2) is 27.9 Å². The molecule has 0 aliphatic carbocycles. The molecule has 7 nitrogen and oxygen atoms in total. The van der Waals surface area contributed by atoms with Crippen LogP contribution in [0.3, 0.4) is 0 Å². The maximum atomic E-state index is 11.0. The van der Waals surface area contributed by atoms with Crippen molar-refractivity contribution in [3.05, 3.63) is 59.4 Å². The SMILES string of the molecule is Cl.O=C(/C=C/c1ccc(Cc2nc3cc4c(cc3[nH]2)OCO4)cc1)NO. The number of hydrogen-bond acceptors (Lipinski definition) is 5. The van der Waals surface area contributed by atoms with Gasteiger partial charge in [0.2, 0.25) is 6.79 Å². The number of benzene rings is 2. The Kier molecular flexibility index (Phi) is 5.11. The quantitative estimate of drug-likeness (QED) is 0.371. The van der Waals surface area contributed by atoms with E-state index < -0.39 is 5.91 Å². The second-order valence-electron chi connectivity index (χ2n) is 5.63. The normalized spacial score (nSPS) is 12.3. The van der Waals surface area contributed by atoms with Crippen LogP contribution in [0.4, 0.5) is 0 Å².